The van der Waals surface area contributed by atoms with Gasteiger partial charge in [0.25, 0.3) is 5.91 Å². The quantitative estimate of drug-likeness (QED) is 0.169. The molecule has 16 heteroatoms. The van der Waals surface area contributed by atoms with Crippen LogP contribution < -0.4 is 32.3 Å². The summed E-state index contributed by atoms with van der Waals surface area (Å²) in [6.45, 7) is 1.33. The minimum Gasteiger partial charge on any atom is -0.469 e. The van der Waals surface area contributed by atoms with E-state index in [-0.39, 0.29) is 65.2 Å². The van der Waals surface area contributed by atoms with Gasteiger partial charge in [0.1, 0.15) is 17.8 Å². The lowest BCUT2D eigenvalue weighted by Crippen LogP contribution is -2.56. The van der Waals surface area contributed by atoms with Crippen LogP contribution in [0.5, 0.6) is 0 Å². The van der Waals surface area contributed by atoms with Gasteiger partial charge in [-0.1, -0.05) is 24.3 Å². The first-order valence-corrected chi connectivity index (χ1v) is 16.1. The molecule has 0 radical (unpaired) electrons. The average Bonchev–Trinajstić information content (AvgIpc) is 3.62. The Kier molecular flexibility index (Phi) is 14.3. The number of benzene rings is 1. The van der Waals surface area contributed by atoms with E-state index in [1.807, 2.05) is 0 Å². The number of ether oxygens (including phenoxy) is 2. The number of furan rings is 1. The van der Waals surface area contributed by atoms with E-state index in [9.17, 15) is 28.8 Å². The number of carbonyl (C=O) groups excluding carboxylic acids is 6. The molecule has 1 fully saturated rings. The number of hydrogen-bond donors (Lipinski definition) is 6. The summed E-state index contributed by atoms with van der Waals surface area (Å²) in [5, 5.41) is 13.6. The number of fused-ring (bicyclic) bond motifs is 3. The van der Waals surface area contributed by atoms with Crippen LogP contribution in [0.25, 0.3) is 0 Å². The van der Waals surface area contributed by atoms with Gasteiger partial charge in [0, 0.05) is 51.3 Å². The van der Waals surface area contributed by atoms with Crippen molar-refractivity contribution in [2.24, 2.45) is 5.73 Å². The Morgan fingerprint density at radius 2 is 1.80 bits per heavy atom. The molecule has 7 N–H and O–H groups in total. The number of nitrogens with one attached hydrogen (secondary N) is 5. The highest BCUT2D eigenvalue weighted by molar-refractivity contribution is 5.97. The molecular formula is C33H43N7O9. The maximum Gasteiger partial charge on any atom is 0.251 e. The predicted molar refractivity (Wildman–Crippen MR) is 174 cm³/mol. The van der Waals surface area contributed by atoms with Gasteiger partial charge in [-0.15, -0.1) is 0 Å². The van der Waals surface area contributed by atoms with Crippen molar-refractivity contribution in [3.05, 3.63) is 71.7 Å². The molecule has 0 spiro atoms. The van der Waals surface area contributed by atoms with Crippen LogP contribution in [0.2, 0.25) is 0 Å². The zero-order valence-corrected chi connectivity index (χ0v) is 27.1. The molecule has 49 heavy (non-hydrogen) atoms. The van der Waals surface area contributed by atoms with Gasteiger partial charge in [-0.2, -0.15) is 0 Å². The molecule has 4 rings (SSSR count). The van der Waals surface area contributed by atoms with E-state index in [0.717, 1.165) is 12.2 Å². The summed E-state index contributed by atoms with van der Waals surface area (Å²) in [6, 6.07) is 8.33. The Morgan fingerprint density at radius 1 is 0.980 bits per heavy atom. The number of rotatable bonds is 8. The van der Waals surface area contributed by atoms with Crippen molar-refractivity contribution in [1.29, 1.82) is 0 Å². The van der Waals surface area contributed by atoms with Crippen LogP contribution >= 0.6 is 0 Å². The lowest BCUT2D eigenvalue weighted by atomic mass is 10.0. The van der Waals surface area contributed by atoms with E-state index in [1.54, 1.807) is 36.4 Å². The van der Waals surface area contributed by atoms with Gasteiger partial charge in [0.05, 0.1) is 39.0 Å². The number of hydrogen-bond acceptors (Lipinski definition) is 10. The van der Waals surface area contributed by atoms with E-state index >= 15 is 0 Å². The minimum atomic E-state index is -1.06. The van der Waals surface area contributed by atoms with Crippen molar-refractivity contribution >= 4 is 35.4 Å². The third-order valence-corrected chi connectivity index (χ3v) is 7.78. The van der Waals surface area contributed by atoms with Crippen LogP contribution in [0.3, 0.4) is 0 Å². The smallest absolute Gasteiger partial charge is 0.251 e. The number of nitrogens with zero attached hydrogens (tertiary/aromatic N) is 1. The molecule has 2 bridgehead atoms. The summed E-state index contributed by atoms with van der Waals surface area (Å²) in [5.41, 5.74) is 6.69. The van der Waals surface area contributed by atoms with Gasteiger partial charge in [0.2, 0.25) is 29.5 Å². The van der Waals surface area contributed by atoms with E-state index in [2.05, 4.69) is 26.6 Å². The highest BCUT2D eigenvalue weighted by atomic mass is 16.5. The van der Waals surface area contributed by atoms with Gasteiger partial charge in [-0.3, -0.25) is 28.8 Å². The largest absolute Gasteiger partial charge is 0.469 e. The first-order valence-electron chi connectivity index (χ1n) is 16.1. The van der Waals surface area contributed by atoms with Crippen LogP contribution in [0.15, 0.2) is 59.2 Å². The number of nitrogens with two attached hydrogens (primary N) is 1. The summed E-state index contributed by atoms with van der Waals surface area (Å²) >= 11 is 0. The Morgan fingerprint density at radius 3 is 2.57 bits per heavy atom. The van der Waals surface area contributed by atoms with Gasteiger partial charge in [-0.25, -0.2) is 0 Å². The third-order valence-electron chi connectivity index (χ3n) is 7.78. The summed E-state index contributed by atoms with van der Waals surface area (Å²) in [4.78, 5) is 79.8. The summed E-state index contributed by atoms with van der Waals surface area (Å²) in [5.74, 6) is -2.65. The molecule has 1 aromatic heterocycles. The lowest BCUT2D eigenvalue weighted by Gasteiger charge is -2.32. The molecule has 2 aromatic rings. The molecule has 1 saturated heterocycles. The first-order chi connectivity index (χ1) is 23.7. The van der Waals surface area contributed by atoms with Gasteiger partial charge < -0.3 is 51.1 Å². The van der Waals surface area contributed by atoms with Crippen molar-refractivity contribution < 1.29 is 42.7 Å². The topological polar surface area (TPSA) is 223 Å². The van der Waals surface area contributed by atoms with E-state index in [0.29, 0.717) is 30.0 Å². The van der Waals surface area contributed by atoms with Crippen LogP contribution in [0.4, 0.5) is 0 Å². The second-order valence-electron chi connectivity index (χ2n) is 11.4. The first kappa shape index (κ1) is 36.8. The SMILES string of the molecule is NCCOCCNC(=O)[C@@H]1CCNC(=O)/C=C/C(=O)N2CCO[C@H](C2)C(=O)N[C@@H](Cc2ccco2)C(=O)NCc2ccccc2CC(=O)N1. The maximum absolute atomic E-state index is 13.5. The molecule has 2 aliphatic heterocycles. The molecule has 6 amide bonds. The zero-order valence-electron chi connectivity index (χ0n) is 27.1. The molecule has 0 unspecified atom stereocenters. The fraction of sp³-hybridized carbons (Fsp3) is 0.455. The van der Waals surface area contributed by atoms with E-state index in [1.165, 1.54) is 11.2 Å². The molecule has 2 aliphatic rings. The molecule has 3 heterocycles. The molecule has 0 saturated carbocycles. The van der Waals surface area contributed by atoms with Crippen LogP contribution in [-0.2, 0) is 57.6 Å². The predicted octanol–water partition coefficient (Wildman–Crippen LogP) is -1.95. The number of carbonyl (C=O) groups is 6. The van der Waals surface area contributed by atoms with Crippen molar-refractivity contribution in [2.75, 3.05) is 52.5 Å². The Hall–Kier alpha value is -5.06. The molecule has 264 valence electrons. The van der Waals surface area contributed by atoms with Crippen molar-refractivity contribution in [1.82, 2.24) is 31.5 Å². The number of amides is 6. The second-order valence-corrected chi connectivity index (χ2v) is 11.4. The standard InChI is InChI=1S/C33H43N7O9/c34-10-15-47-16-12-36-31(44)25-9-11-35-28(41)7-8-30(43)40-13-17-49-27(21-40)33(46)39-26(19-24-6-3-14-48-24)32(45)37-20-23-5-2-1-4-22(23)18-29(42)38-25/h1-8,14,25-27H,9-13,15-21,34H2,(H,35,41)(H,36,44)(H,37,45)(H,38,42)(H,39,46)/b8-7+/t25-,26-,27+/m0/s1. The zero-order chi connectivity index (χ0) is 35.0. The summed E-state index contributed by atoms with van der Waals surface area (Å²) in [6.07, 6.45) is 2.55. The van der Waals surface area contributed by atoms with Crippen LogP contribution in [-0.4, -0.2) is 111 Å². The fourth-order valence-electron chi connectivity index (χ4n) is 5.21. The Bertz CT molecular complexity index is 1480. The fourth-order valence-corrected chi connectivity index (χ4v) is 5.21. The average molecular weight is 682 g/mol. The van der Waals surface area contributed by atoms with Crippen molar-refractivity contribution in [3.63, 3.8) is 0 Å². The lowest BCUT2D eigenvalue weighted by molar-refractivity contribution is -0.146. The Labute approximate surface area is 283 Å². The third kappa shape index (κ3) is 11.8. The summed E-state index contributed by atoms with van der Waals surface area (Å²) < 4.78 is 16.3. The minimum absolute atomic E-state index is 0.0149. The summed E-state index contributed by atoms with van der Waals surface area (Å²) in [7, 11) is 0. The van der Waals surface area contributed by atoms with Gasteiger partial charge in [-0.05, 0) is 29.7 Å². The van der Waals surface area contributed by atoms with Crippen molar-refractivity contribution in [3.8, 4) is 0 Å². The molecule has 1 aromatic carbocycles. The Balaban J connectivity index is 1.54. The van der Waals surface area contributed by atoms with Crippen LogP contribution in [0.1, 0.15) is 23.3 Å². The highest BCUT2D eigenvalue weighted by Crippen LogP contribution is 2.12. The molecule has 16 nitrogen and oxygen atoms in total. The monoisotopic (exact) mass is 681 g/mol. The second kappa shape index (κ2) is 19.1. The van der Waals surface area contributed by atoms with E-state index < -0.39 is 53.6 Å². The highest BCUT2D eigenvalue weighted by Gasteiger charge is 2.32. The van der Waals surface area contributed by atoms with E-state index in [4.69, 9.17) is 19.6 Å². The van der Waals surface area contributed by atoms with Crippen molar-refractivity contribution in [2.45, 2.75) is 44.0 Å². The maximum atomic E-state index is 13.5. The molecular weight excluding hydrogens is 638 g/mol. The molecule has 0 aliphatic carbocycles. The van der Waals surface area contributed by atoms with Gasteiger partial charge >= 0.3 is 0 Å². The van der Waals surface area contributed by atoms with Gasteiger partial charge in [0.15, 0.2) is 6.10 Å². The normalized spacial score (nSPS) is 22.3. The number of morpholine rings is 1. The molecule has 3 atom stereocenters. The van der Waals surface area contributed by atoms with Crippen LogP contribution in [0, 0.1) is 0 Å².